The highest BCUT2D eigenvalue weighted by Crippen LogP contribution is 2.28. The fourth-order valence-electron chi connectivity index (χ4n) is 1.16. The minimum absolute atomic E-state index is 0.0433. The molecule has 2 nitrogen and oxygen atoms in total. The molecule has 16 heavy (non-hydrogen) atoms. The van der Waals surface area contributed by atoms with Crippen LogP contribution in [0.3, 0.4) is 0 Å². The van der Waals surface area contributed by atoms with Crippen molar-refractivity contribution >= 4 is 30.0 Å². The quantitative estimate of drug-likeness (QED) is 0.655. The zero-order valence-corrected chi connectivity index (χ0v) is 9.77. The summed E-state index contributed by atoms with van der Waals surface area (Å²) in [6.07, 6.45) is 0.0583. The van der Waals surface area contributed by atoms with Crippen molar-refractivity contribution in [2.45, 2.75) is 17.9 Å². The predicted molar refractivity (Wildman–Crippen MR) is 59.8 cm³/mol. The van der Waals surface area contributed by atoms with Crippen molar-refractivity contribution in [3.63, 3.8) is 0 Å². The van der Waals surface area contributed by atoms with E-state index in [9.17, 15) is 13.6 Å². The van der Waals surface area contributed by atoms with Gasteiger partial charge in [-0.25, -0.2) is 0 Å². The zero-order chi connectivity index (χ0) is 12.1. The Kier molecular flexibility index (Phi) is 5.02. The third kappa shape index (κ3) is 3.64. The van der Waals surface area contributed by atoms with E-state index in [4.69, 9.17) is 11.6 Å². The van der Waals surface area contributed by atoms with Crippen LogP contribution in [0, 0.1) is 0 Å². The Balaban J connectivity index is 2.90. The maximum absolute atomic E-state index is 12.0. The van der Waals surface area contributed by atoms with Crippen LogP contribution in [0.4, 0.5) is 8.78 Å². The first-order valence-corrected chi connectivity index (χ1v) is 5.36. The molecule has 0 N–H and O–H groups in total. The summed E-state index contributed by atoms with van der Waals surface area (Å²) in [6, 6.07) is 4.50. The van der Waals surface area contributed by atoms with Crippen LogP contribution >= 0.6 is 24.2 Å². The van der Waals surface area contributed by atoms with Crippen molar-refractivity contribution in [1.82, 2.24) is 0 Å². The number of halogens is 3. The van der Waals surface area contributed by atoms with Crippen LogP contribution in [-0.2, 0) is 11.2 Å². The molecule has 0 fully saturated rings. The number of carbonyl (C=O) groups excluding carboxylic acids is 1. The van der Waals surface area contributed by atoms with E-state index >= 15 is 0 Å². The number of hydrogen-bond donors (Lipinski definition) is 1. The second-order valence-electron chi connectivity index (χ2n) is 2.99. The van der Waals surface area contributed by atoms with E-state index < -0.39 is 6.61 Å². The van der Waals surface area contributed by atoms with Crippen LogP contribution in [-0.4, -0.2) is 18.3 Å². The van der Waals surface area contributed by atoms with Crippen LogP contribution in [0.25, 0.3) is 0 Å². The summed E-state index contributed by atoms with van der Waals surface area (Å²) in [5.74, 6) is -0.364. The van der Waals surface area contributed by atoms with Gasteiger partial charge in [-0.1, -0.05) is 12.1 Å². The van der Waals surface area contributed by atoms with Gasteiger partial charge in [-0.15, -0.1) is 24.2 Å². The number of carbonyl (C=O) groups is 1. The predicted octanol–water partition coefficient (Wildman–Crippen LogP) is 2.93. The molecule has 0 radical (unpaired) electrons. The lowest BCUT2D eigenvalue weighted by molar-refractivity contribution is -0.116. The Hall–Kier alpha value is -0.810. The number of rotatable bonds is 5. The number of ketones is 1. The van der Waals surface area contributed by atoms with E-state index in [1.54, 1.807) is 6.07 Å². The third-order valence-electron chi connectivity index (χ3n) is 1.84. The summed E-state index contributed by atoms with van der Waals surface area (Å²) in [6.45, 7) is -2.91. The molecule has 1 aromatic rings. The summed E-state index contributed by atoms with van der Waals surface area (Å²) in [5.41, 5.74) is 0.520. The lowest BCUT2D eigenvalue weighted by Gasteiger charge is -2.10. The summed E-state index contributed by atoms with van der Waals surface area (Å²) < 4.78 is 28.3. The Morgan fingerprint density at radius 1 is 1.50 bits per heavy atom. The SMILES string of the molecule is O=C(CCl)Cc1cccc(OC(F)F)c1S. The van der Waals surface area contributed by atoms with Crippen molar-refractivity contribution < 1.29 is 18.3 Å². The van der Waals surface area contributed by atoms with Crippen molar-refractivity contribution in [2.75, 3.05) is 5.88 Å². The highest BCUT2D eigenvalue weighted by Gasteiger charge is 2.12. The smallest absolute Gasteiger partial charge is 0.387 e. The van der Waals surface area contributed by atoms with Gasteiger partial charge in [0.05, 0.1) is 10.8 Å². The first-order valence-electron chi connectivity index (χ1n) is 4.38. The van der Waals surface area contributed by atoms with Gasteiger partial charge in [0.1, 0.15) is 5.75 Å². The van der Waals surface area contributed by atoms with E-state index in [0.29, 0.717) is 5.56 Å². The fraction of sp³-hybridized carbons (Fsp3) is 0.300. The average molecular weight is 267 g/mol. The summed E-state index contributed by atoms with van der Waals surface area (Å²) >= 11 is 9.40. The Labute approximate surface area is 102 Å². The Morgan fingerprint density at radius 2 is 2.19 bits per heavy atom. The van der Waals surface area contributed by atoms with Crippen LogP contribution in [0.5, 0.6) is 5.75 Å². The molecule has 0 aromatic heterocycles. The van der Waals surface area contributed by atoms with Crippen LogP contribution in [0.15, 0.2) is 23.1 Å². The molecule has 0 aliphatic rings. The van der Waals surface area contributed by atoms with Gasteiger partial charge in [-0.3, -0.25) is 4.79 Å². The number of thiol groups is 1. The lowest BCUT2D eigenvalue weighted by atomic mass is 10.1. The molecule has 1 aromatic carbocycles. The van der Waals surface area contributed by atoms with Crippen molar-refractivity contribution in [2.24, 2.45) is 0 Å². The van der Waals surface area contributed by atoms with Crippen LogP contribution < -0.4 is 4.74 Å². The van der Waals surface area contributed by atoms with Gasteiger partial charge in [0.25, 0.3) is 0 Å². The van der Waals surface area contributed by atoms with E-state index in [0.717, 1.165) is 0 Å². The summed E-state index contributed by atoms with van der Waals surface area (Å²) in [4.78, 5) is 11.3. The van der Waals surface area contributed by atoms with Gasteiger partial charge >= 0.3 is 6.61 Å². The average Bonchev–Trinajstić information content (AvgIpc) is 2.23. The van der Waals surface area contributed by atoms with Crippen LogP contribution in [0.2, 0.25) is 0 Å². The molecule has 0 spiro atoms. The largest absolute Gasteiger partial charge is 0.434 e. The molecule has 0 aliphatic heterocycles. The molecule has 88 valence electrons. The molecule has 6 heteroatoms. The molecule has 0 amide bonds. The van der Waals surface area contributed by atoms with E-state index in [-0.39, 0.29) is 28.7 Å². The van der Waals surface area contributed by atoms with Gasteiger partial charge < -0.3 is 4.74 Å². The first kappa shape index (κ1) is 13.3. The lowest BCUT2D eigenvalue weighted by Crippen LogP contribution is -2.07. The normalized spacial score (nSPS) is 10.6. The van der Waals surface area contributed by atoms with Gasteiger partial charge in [0.2, 0.25) is 0 Å². The van der Waals surface area contributed by atoms with Gasteiger partial charge in [0.15, 0.2) is 5.78 Å². The van der Waals surface area contributed by atoms with Gasteiger partial charge in [-0.2, -0.15) is 8.78 Å². The minimum atomic E-state index is -2.91. The highest BCUT2D eigenvalue weighted by molar-refractivity contribution is 7.80. The minimum Gasteiger partial charge on any atom is -0.434 e. The number of ether oxygens (including phenoxy) is 1. The maximum atomic E-state index is 12.0. The third-order valence-corrected chi connectivity index (χ3v) is 2.64. The summed E-state index contributed by atoms with van der Waals surface area (Å²) in [7, 11) is 0. The fourth-order valence-corrected chi connectivity index (χ4v) is 1.54. The maximum Gasteiger partial charge on any atom is 0.387 e. The highest BCUT2D eigenvalue weighted by atomic mass is 35.5. The van der Waals surface area contributed by atoms with E-state index in [1.165, 1.54) is 12.1 Å². The Bertz CT molecular complexity index is 385. The summed E-state index contributed by atoms with van der Waals surface area (Å²) in [5, 5.41) is 0. The molecule has 0 unspecified atom stereocenters. The number of benzene rings is 1. The van der Waals surface area contributed by atoms with Gasteiger partial charge in [0, 0.05) is 6.42 Å². The number of alkyl halides is 3. The van der Waals surface area contributed by atoms with Gasteiger partial charge in [-0.05, 0) is 11.6 Å². The molecular formula is C10H9ClF2O2S. The number of Topliss-reactive ketones (excluding diaryl/α,β-unsaturated/α-hetero) is 1. The standard InChI is InChI=1S/C10H9ClF2O2S/c11-5-7(14)4-6-2-1-3-8(9(6)16)15-10(12)13/h1-3,10,16H,4-5H2. The second-order valence-corrected chi connectivity index (χ2v) is 3.71. The topological polar surface area (TPSA) is 26.3 Å². The first-order chi connectivity index (χ1) is 7.54. The van der Waals surface area contributed by atoms with Crippen LogP contribution in [0.1, 0.15) is 5.56 Å². The van der Waals surface area contributed by atoms with Crippen molar-refractivity contribution in [1.29, 1.82) is 0 Å². The molecule has 0 aliphatic carbocycles. The second kappa shape index (κ2) is 6.06. The monoisotopic (exact) mass is 266 g/mol. The molecule has 0 saturated heterocycles. The molecular weight excluding hydrogens is 258 g/mol. The Morgan fingerprint density at radius 3 is 2.75 bits per heavy atom. The molecule has 1 rings (SSSR count). The van der Waals surface area contributed by atoms with Crippen molar-refractivity contribution in [3.8, 4) is 5.75 Å². The van der Waals surface area contributed by atoms with E-state index in [1.807, 2.05) is 0 Å². The van der Waals surface area contributed by atoms with Crippen molar-refractivity contribution in [3.05, 3.63) is 23.8 Å². The molecule has 0 bridgehead atoms. The molecule has 0 heterocycles. The molecule has 0 saturated carbocycles. The molecule has 0 atom stereocenters. The number of hydrogen-bond acceptors (Lipinski definition) is 3. The van der Waals surface area contributed by atoms with E-state index in [2.05, 4.69) is 17.4 Å². The zero-order valence-electron chi connectivity index (χ0n) is 8.12.